The Morgan fingerprint density at radius 1 is 1.20 bits per heavy atom. The average molecular weight is 343 g/mol. The molecule has 1 unspecified atom stereocenters. The minimum absolute atomic E-state index is 0.0471. The lowest BCUT2D eigenvalue weighted by Gasteiger charge is -2.55. The van der Waals surface area contributed by atoms with E-state index in [1.54, 1.807) is 0 Å². The number of rotatable bonds is 4. The highest BCUT2D eigenvalue weighted by Gasteiger charge is 2.54. The van der Waals surface area contributed by atoms with E-state index in [0.29, 0.717) is 17.4 Å². The number of nitrogens with zero attached hydrogens (tertiary/aromatic N) is 2. The SMILES string of the molecule is CN1CC(CNC(=O)c2ccccc2)C2(C1)CN(C1CCOCC1)C2. The minimum atomic E-state index is 0.0471. The molecule has 1 aromatic carbocycles. The molecule has 1 N–H and O–H groups in total. The molecule has 0 bridgehead atoms. The van der Waals surface area contributed by atoms with Crippen molar-refractivity contribution < 1.29 is 9.53 Å². The van der Waals surface area contributed by atoms with Gasteiger partial charge in [-0.2, -0.15) is 0 Å². The van der Waals surface area contributed by atoms with Crippen molar-refractivity contribution in [3.8, 4) is 0 Å². The van der Waals surface area contributed by atoms with E-state index < -0.39 is 0 Å². The van der Waals surface area contributed by atoms with E-state index in [2.05, 4.69) is 22.2 Å². The van der Waals surface area contributed by atoms with Gasteiger partial charge in [0.1, 0.15) is 0 Å². The molecule has 136 valence electrons. The Morgan fingerprint density at radius 2 is 1.92 bits per heavy atom. The summed E-state index contributed by atoms with van der Waals surface area (Å²) < 4.78 is 5.50. The topological polar surface area (TPSA) is 44.8 Å². The molecule has 5 heteroatoms. The smallest absolute Gasteiger partial charge is 0.251 e. The zero-order valence-electron chi connectivity index (χ0n) is 15.1. The van der Waals surface area contributed by atoms with Crippen LogP contribution in [0.3, 0.4) is 0 Å². The van der Waals surface area contributed by atoms with Gasteiger partial charge < -0.3 is 15.0 Å². The van der Waals surface area contributed by atoms with Crippen molar-refractivity contribution >= 4 is 5.91 Å². The van der Waals surface area contributed by atoms with E-state index in [-0.39, 0.29) is 5.91 Å². The molecule has 3 fully saturated rings. The molecule has 1 aromatic rings. The third-order valence-electron chi connectivity index (χ3n) is 6.27. The first-order valence-electron chi connectivity index (χ1n) is 9.50. The lowest BCUT2D eigenvalue weighted by Crippen LogP contribution is -2.64. The summed E-state index contributed by atoms with van der Waals surface area (Å²) in [4.78, 5) is 17.4. The molecule has 0 aromatic heterocycles. The zero-order chi connectivity index (χ0) is 17.3. The van der Waals surface area contributed by atoms with Crippen LogP contribution in [-0.2, 0) is 4.74 Å². The highest BCUT2D eigenvalue weighted by molar-refractivity contribution is 5.94. The van der Waals surface area contributed by atoms with E-state index >= 15 is 0 Å². The highest BCUT2D eigenvalue weighted by Crippen LogP contribution is 2.44. The predicted octanol–water partition coefficient (Wildman–Crippen LogP) is 1.46. The number of carbonyl (C=O) groups excluding carboxylic acids is 1. The number of carbonyl (C=O) groups is 1. The summed E-state index contributed by atoms with van der Waals surface area (Å²) in [5.41, 5.74) is 1.11. The Labute approximate surface area is 150 Å². The number of hydrogen-bond donors (Lipinski definition) is 1. The van der Waals surface area contributed by atoms with Gasteiger partial charge in [0.05, 0.1) is 0 Å². The first-order valence-corrected chi connectivity index (χ1v) is 9.50. The van der Waals surface area contributed by atoms with Crippen LogP contribution < -0.4 is 5.32 Å². The molecule has 3 aliphatic heterocycles. The second-order valence-electron chi connectivity index (χ2n) is 8.08. The van der Waals surface area contributed by atoms with E-state index in [1.807, 2.05) is 30.3 Å². The number of ether oxygens (including phenoxy) is 1. The molecule has 0 saturated carbocycles. The molecule has 3 saturated heterocycles. The lowest BCUT2D eigenvalue weighted by molar-refractivity contribution is -0.0763. The lowest BCUT2D eigenvalue weighted by atomic mass is 9.70. The van der Waals surface area contributed by atoms with Crippen molar-refractivity contribution in [2.24, 2.45) is 11.3 Å². The Kier molecular flexibility index (Phi) is 4.80. The van der Waals surface area contributed by atoms with Gasteiger partial charge in [0, 0.05) is 63.0 Å². The standard InChI is InChI=1S/C20H29N3O2/c1-22-12-17(11-21-19(24)16-5-3-2-4-6-16)20(13-22)14-23(15-20)18-7-9-25-10-8-18/h2-6,17-18H,7-15H2,1H3,(H,21,24). The van der Waals surface area contributed by atoms with Crippen LogP contribution >= 0.6 is 0 Å². The summed E-state index contributed by atoms with van der Waals surface area (Å²) in [5.74, 6) is 0.590. The first kappa shape index (κ1) is 17.0. The largest absolute Gasteiger partial charge is 0.381 e. The van der Waals surface area contributed by atoms with Gasteiger partial charge in [-0.25, -0.2) is 0 Å². The van der Waals surface area contributed by atoms with Gasteiger partial charge in [-0.15, -0.1) is 0 Å². The van der Waals surface area contributed by atoms with Gasteiger partial charge in [-0.3, -0.25) is 9.69 Å². The summed E-state index contributed by atoms with van der Waals surface area (Å²) in [6, 6.07) is 10.2. The van der Waals surface area contributed by atoms with Gasteiger partial charge in [-0.1, -0.05) is 18.2 Å². The minimum Gasteiger partial charge on any atom is -0.381 e. The molecule has 1 spiro atoms. The van der Waals surface area contributed by atoms with Crippen molar-refractivity contribution in [2.45, 2.75) is 18.9 Å². The molecule has 3 heterocycles. The van der Waals surface area contributed by atoms with Gasteiger partial charge in [0.2, 0.25) is 0 Å². The Hall–Kier alpha value is -1.43. The molecule has 4 rings (SSSR count). The van der Waals surface area contributed by atoms with Crippen LogP contribution in [0.5, 0.6) is 0 Å². The van der Waals surface area contributed by atoms with Crippen molar-refractivity contribution in [1.82, 2.24) is 15.1 Å². The summed E-state index contributed by atoms with van der Waals surface area (Å²) in [6.45, 7) is 7.17. The fourth-order valence-electron chi connectivity index (χ4n) is 4.92. The van der Waals surface area contributed by atoms with Crippen molar-refractivity contribution in [2.75, 3.05) is 53.0 Å². The normalized spacial score (nSPS) is 27.3. The number of benzene rings is 1. The second-order valence-corrected chi connectivity index (χ2v) is 8.08. The second kappa shape index (κ2) is 7.06. The molecule has 25 heavy (non-hydrogen) atoms. The molecular formula is C20H29N3O2. The summed E-state index contributed by atoms with van der Waals surface area (Å²) in [7, 11) is 2.21. The van der Waals surface area contributed by atoms with Crippen molar-refractivity contribution in [3.05, 3.63) is 35.9 Å². The van der Waals surface area contributed by atoms with Crippen LogP contribution in [0.4, 0.5) is 0 Å². The van der Waals surface area contributed by atoms with Gasteiger partial charge in [0.25, 0.3) is 5.91 Å². The van der Waals surface area contributed by atoms with E-state index in [1.165, 1.54) is 25.9 Å². The van der Waals surface area contributed by atoms with Gasteiger partial charge in [0.15, 0.2) is 0 Å². The number of nitrogens with one attached hydrogen (secondary N) is 1. The van der Waals surface area contributed by atoms with E-state index in [0.717, 1.165) is 38.4 Å². The molecule has 0 radical (unpaired) electrons. The Morgan fingerprint density at radius 3 is 2.64 bits per heavy atom. The molecule has 0 aliphatic carbocycles. The van der Waals surface area contributed by atoms with E-state index in [9.17, 15) is 4.79 Å². The predicted molar refractivity (Wildman–Crippen MR) is 97.6 cm³/mol. The molecule has 1 atom stereocenters. The summed E-state index contributed by atoms with van der Waals surface area (Å²) >= 11 is 0. The van der Waals surface area contributed by atoms with Crippen LogP contribution in [-0.4, -0.2) is 74.7 Å². The third kappa shape index (κ3) is 3.46. The fraction of sp³-hybridized carbons (Fsp3) is 0.650. The monoisotopic (exact) mass is 343 g/mol. The van der Waals surface area contributed by atoms with Gasteiger partial charge in [-0.05, 0) is 37.9 Å². The third-order valence-corrected chi connectivity index (χ3v) is 6.27. The Balaban J connectivity index is 1.34. The average Bonchev–Trinajstić information content (AvgIpc) is 2.96. The molecule has 1 amide bonds. The van der Waals surface area contributed by atoms with Crippen LogP contribution in [0.1, 0.15) is 23.2 Å². The quantitative estimate of drug-likeness (QED) is 0.899. The zero-order valence-corrected chi connectivity index (χ0v) is 15.1. The first-order chi connectivity index (χ1) is 12.2. The van der Waals surface area contributed by atoms with Crippen LogP contribution in [0, 0.1) is 11.3 Å². The van der Waals surface area contributed by atoms with Gasteiger partial charge >= 0.3 is 0 Å². The van der Waals surface area contributed by atoms with Crippen LogP contribution in [0.2, 0.25) is 0 Å². The Bertz CT molecular complexity index is 594. The summed E-state index contributed by atoms with van der Waals surface area (Å²) in [6.07, 6.45) is 2.34. The van der Waals surface area contributed by atoms with Crippen LogP contribution in [0.15, 0.2) is 30.3 Å². The maximum atomic E-state index is 12.4. The maximum Gasteiger partial charge on any atom is 0.251 e. The number of amides is 1. The number of likely N-dealkylation sites (tertiary alicyclic amines) is 2. The number of hydrogen-bond acceptors (Lipinski definition) is 4. The highest BCUT2D eigenvalue weighted by atomic mass is 16.5. The summed E-state index contributed by atoms with van der Waals surface area (Å²) in [5, 5.41) is 3.18. The molecule has 3 aliphatic rings. The fourth-order valence-corrected chi connectivity index (χ4v) is 4.92. The van der Waals surface area contributed by atoms with Crippen molar-refractivity contribution in [1.29, 1.82) is 0 Å². The van der Waals surface area contributed by atoms with Crippen molar-refractivity contribution in [3.63, 3.8) is 0 Å². The molecular weight excluding hydrogens is 314 g/mol. The van der Waals surface area contributed by atoms with E-state index in [4.69, 9.17) is 4.74 Å². The maximum absolute atomic E-state index is 12.4. The van der Waals surface area contributed by atoms with Crippen LogP contribution in [0.25, 0.3) is 0 Å². The molecule has 5 nitrogen and oxygen atoms in total.